The molecular formula is C27H25FN6O. The molecule has 1 aliphatic rings. The molecule has 1 saturated heterocycles. The third kappa shape index (κ3) is 4.23. The number of aryl methyl sites for hydroxylation is 1. The maximum absolute atomic E-state index is 13.5. The zero-order valence-electron chi connectivity index (χ0n) is 19.4. The average Bonchev–Trinajstić information content (AvgIpc) is 3.47. The normalized spacial score (nSPS) is 14.5. The number of benzene rings is 2. The van der Waals surface area contributed by atoms with Crippen LogP contribution in [0.4, 0.5) is 16.0 Å². The van der Waals surface area contributed by atoms with Crippen LogP contribution >= 0.6 is 0 Å². The van der Waals surface area contributed by atoms with Crippen LogP contribution in [-0.2, 0) is 0 Å². The second-order valence-electron chi connectivity index (χ2n) is 8.88. The predicted molar refractivity (Wildman–Crippen MR) is 134 cm³/mol. The number of imidazole rings is 1. The molecule has 4 heterocycles. The Morgan fingerprint density at radius 1 is 0.971 bits per heavy atom. The van der Waals surface area contributed by atoms with E-state index in [9.17, 15) is 4.39 Å². The highest BCUT2D eigenvalue weighted by Crippen LogP contribution is 2.32. The van der Waals surface area contributed by atoms with Crippen molar-refractivity contribution in [2.75, 3.05) is 23.3 Å². The molecule has 0 radical (unpaired) electrons. The zero-order chi connectivity index (χ0) is 23.8. The number of hydrogen-bond donors (Lipinski definition) is 1. The van der Waals surface area contributed by atoms with Crippen LogP contribution < -0.4 is 10.2 Å². The molecule has 35 heavy (non-hydrogen) atoms. The first-order valence-corrected chi connectivity index (χ1v) is 11.8. The van der Waals surface area contributed by atoms with Gasteiger partial charge in [0.15, 0.2) is 0 Å². The number of nitrogens with zero attached hydrogens (tertiary/aromatic N) is 5. The zero-order valence-corrected chi connectivity index (χ0v) is 19.4. The molecule has 1 fully saturated rings. The quantitative estimate of drug-likeness (QED) is 0.363. The van der Waals surface area contributed by atoms with Crippen molar-refractivity contribution in [3.63, 3.8) is 0 Å². The van der Waals surface area contributed by atoms with Crippen LogP contribution in [0.5, 0.6) is 0 Å². The fourth-order valence-corrected chi connectivity index (χ4v) is 4.62. The second-order valence-corrected chi connectivity index (χ2v) is 8.88. The molecule has 0 atom stereocenters. The van der Waals surface area contributed by atoms with Crippen LogP contribution in [0.15, 0.2) is 77.7 Å². The highest BCUT2D eigenvalue weighted by Gasteiger charge is 2.22. The van der Waals surface area contributed by atoms with Gasteiger partial charge in [0, 0.05) is 42.8 Å². The van der Waals surface area contributed by atoms with E-state index < -0.39 is 0 Å². The maximum Gasteiger partial charge on any atom is 0.306 e. The molecular weight excluding hydrogens is 443 g/mol. The molecule has 0 bridgehead atoms. The van der Waals surface area contributed by atoms with Crippen molar-refractivity contribution in [2.24, 2.45) is 0 Å². The van der Waals surface area contributed by atoms with Gasteiger partial charge in [-0.2, -0.15) is 4.98 Å². The van der Waals surface area contributed by atoms with Gasteiger partial charge in [-0.25, -0.2) is 14.4 Å². The smallest absolute Gasteiger partial charge is 0.306 e. The van der Waals surface area contributed by atoms with Crippen molar-refractivity contribution in [3.05, 3.63) is 84.6 Å². The number of aromatic nitrogens is 4. The Labute approximate surface area is 202 Å². The van der Waals surface area contributed by atoms with Gasteiger partial charge >= 0.3 is 5.84 Å². The Balaban J connectivity index is 1.23. The third-order valence-electron chi connectivity index (χ3n) is 6.51. The first kappa shape index (κ1) is 21.3. The topological polar surface area (TPSA) is 71.5 Å². The van der Waals surface area contributed by atoms with Crippen molar-refractivity contribution in [1.29, 1.82) is 0 Å². The highest BCUT2D eigenvalue weighted by molar-refractivity contribution is 5.79. The number of nitrogens with one attached hydrogen (secondary N) is 1. The minimum atomic E-state index is -0.292. The van der Waals surface area contributed by atoms with Gasteiger partial charge in [0.2, 0.25) is 5.95 Å². The standard InChI is InChI=1S/C27H25FN6O/c1-18-2-8-22(9-3-18)33-14-11-21(12-15-33)30-26-29-13-10-23(31-26)25-24(19-4-6-20(28)7-5-19)32-27-34(25)16-17-35-27/h2-10,13,16-17,21H,11-12,14-15H2,1H3,(H,29,30,31). The summed E-state index contributed by atoms with van der Waals surface area (Å²) in [7, 11) is 0. The van der Waals surface area contributed by atoms with Gasteiger partial charge in [-0.15, -0.1) is 0 Å². The summed E-state index contributed by atoms with van der Waals surface area (Å²) < 4.78 is 20.9. The summed E-state index contributed by atoms with van der Waals surface area (Å²) in [6, 6.07) is 17.1. The first-order chi connectivity index (χ1) is 17.1. The Bertz CT molecular complexity index is 1450. The molecule has 0 aliphatic carbocycles. The molecule has 0 amide bonds. The Hall–Kier alpha value is -4.20. The number of hydrogen-bond acceptors (Lipinski definition) is 6. The van der Waals surface area contributed by atoms with Crippen molar-refractivity contribution >= 4 is 17.5 Å². The number of fused-ring (bicyclic) bond motifs is 1. The molecule has 3 aromatic heterocycles. The van der Waals surface area contributed by atoms with Crippen molar-refractivity contribution in [3.8, 4) is 22.6 Å². The van der Waals surface area contributed by atoms with E-state index in [-0.39, 0.29) is 5.82 Å². The van der Waals surface area contributed by atoms with Crippen LogP contribution in [0, 0.1) is 12.7 Å². The molecule has 8 heteroatoms. The van der Waals surface area contributed by atoms with Gasteiger partial charge < -0.3 is 14.6 Å². The molecule has 0 spiro atoms. The van der Waals surface area contributed by atoms with E-state index in [4.69, 9.17) is 9.40 Å². The minimum Gasteiger partial charge on any atom is -0.432 e. The van der Waals surface area contributed by atoms with Crippen LogP contribution in [0.2, 0.25) is 0 Å². The number of oxazole rings is 1. The van der Waals surface area contributed by atoms with Gasteiger partial charge in [0.1, 0.15) is 23.5 Å². The summed E-state index contributed by atoms with van der Waals surface area (Å²) in [5.41, 5.74) is 5.51. The average molecular weight is 469 g/mol. The minimum absolute atomic E-state index is 0.292. The van der Waals surface area contributed by atoms with Gasteiger partial charge in [-0.3, -0.25) is 4.40 Å². The van der Waals surface area contributed by atoms with Crippen LogP contribution in [-0.4, -0.2) is 38.5 Å². The predicted octanol–water partition coefficient (Wildman–Crippen LogP) is 5.58. The van der Waals surface area contributed by atoms with Gasteiger partial charge in [-0.05, 0) is 62.2 Å². The molecule has 0 saturated carbocycles. The summed E-state index contributed by atoms with van der Waals surface area (Å²) in [6.07, 6.45) is 7.14. The summed E-state index contributed by atoms with van der Waals surface area (Å²) in [4.78, 5) is 16.3. The SMILES string of the molecule is Cc1ccc(N2CCC(Nc3nccc(-c4c(-c5ccc(F)cc5)nc5occn45)n3)CC2)cc1. The van der Waals surface area contributed by atoms with E-state index in [1.807, 2.05) is 10.5 Å². The van der Waals surface area contributed by atoms with Gasteiger partial charge in [-0.1, -0.05) is 17.7 Å². The molecule has 0 unspecified atom stereocenters. The summed E-state index contributed by atoms with van der Waals surface area (Å²) in [6.45, 7) is 4.07. The molecule has 1 N–H and O–H groups in total. The fraction of sp³-hybridized carbons (Fsp3) is 0.222. The number of anilines is 2. The number of rotatable bonds is 5. The summed E-state index contributed by atoms with van der Waals surface area (Å²) >= 11 is 0. The summed E-state index contributed by atoms with van der Waals surface area (Å²) in [5, 5.41) is 3.52. The van der Waals surface area contributed by atoms with Crippen LogP contribution in [0.3, 0.4) is 0 Å². The lowest BCUT2D eigenvalue weighted by Gasteiger charge is -2.34. The maximum atomic E-state index is 13.5. The van der Waals surface area contributed by atoms with Crippen LogP contribution in [0.1, 0.15) is 18.4 Å². The van der Waals surface area contributed by atoms with E-state index in [2.05, 4.69) is 51.4 Å². The van der Waals surface area contributed by atoms with Crippen LogP contribution in [0.25, 0.3) is 28.5 Å². The van der Waals surface area contributed by atoms with Gasteiger partial charge in [0.05, 0.1) is 5.69 Å². The Morgan fingerprint density at radius 2 is 1.74 bits per heavy atom. The van der Waals surface area contributed by atoms with E-state index >= 15 is 0 Å². The van der Waals surface area contributed by atoms with Crippen molar-refractivity contribution in [1.82, 2.24) is 19.4 Å². The lowest BCUT2D eigenvalue weighted by molar-refractivity contribution is 0.524. The van der Waals surface area contributed by atoms with Gasteiger partial charge in [0.25, 0.3) is 0 Å². The molecule has 6 rings (SSSR count). The van der Waals surface area contributed by atoms with Crippen molar-refractivity contribution in [2.45, 2.75) is 25.8 Å². The molecule has 176 valence electrons. The molecule has 2 aromatic carbocycles. The second kappa shape index (κ2) is 8.87. The summed E-state index contributed by atoms with van der Waals surface area (Å²) in [5.74, 6) is 0.746. The monoisotopic (exact) mass is 468 g/mol. The van der Waals surface area contributed by atoms with E-state index in [1.165, 1.54) is 23.4 Å². The molecule has 1 aliphatic heterocycles. The Morgan fingerprint density at radius 3 is 2.51 bits per heavy atom. The molecule has 7 nitrogen and oxygen atoms in total. The number of halogens is 1. The van der Waals surface area contributed by atoms with Crippen molar-refractivity contribution < 1.29 is 8.81 Å². The fourth-order valence-electron chi connectivity index (χ4n) is 4.62. The van der Waals surface area contributed by atoms with E-state index in [0.29, 0.717) is 29.2 Å². The largest absolute Gasteiger partial charge is 0.432 e. The van der Waals surface area contributed by atoms with E-state index in [1.54, 1.807) is 30.8 Å². The lowest BCUT2D eigenvalue weighted by Crippen LogP contribution is -2.39. The Kier molecular flexibility index (Phi) is 5.41. The first-order valence-electron chi connectivity index (χ1n) is 11.8. The van der Waals surface area contributed by atoms with E-state index in [0.717, 1.165) is 37.2 Å². The number of piperidine rings is 1. The lowest BCUT2D eigenvalue weighted by atomic mass is 10.0. The molecule has 5 aromatic rings. The highest BCUT2D eigenvalue weighted by atomic mass is 19.1. The third-order valence-corrected chi connectivity index (χ3v) is 6.51.